The lowest BCUT2D eigenvalue weighted by molar-refractivity contribution is -0.153. The molecule has 0 aliphatic carbocycles. The molecular formula is C18H20ClN3O5S. The number of hydrogen-bond donors (Lipinski definition) is 0. The van der Waals surface area contributed by atoms with Crippen LogP contribution in [-0.4, -0.2) is 58.4 Å². The molecule has 0 radical (unpaired) electrons. The third-order valence-corrected chi connectivity index (χ3v) is 5.47. The van der Waals surface area contributed by atoms with Crippen LogP contribution in [0.3, 0.4) is 0 Å². The number of amides is 1. The van der Waals surface area contributed by atoms with Gasteiger partial charge in [-0.05, 0) is 25.8 Å². The topological polar surface area (TPSA) is 90.2 Å². The number of carbonyl (C=O) groups excluding carboxylic acids is 3. The Balaban J connectivity index is 1.46. The fourth-order valence-corrected chi connectivity index (χ4v) is 3.98. The van der Waals surface area contributed by atoms with Crippen LogP contribution in [0.25, 0.3) is 11.0 Å². The number of rotatable bonds is 6. The van der Waals surface area contributed by atoms with Crippen LogP contribution in [0.1, 0.15) is 25.5 Å². The van der Waals surface area contributed by atoms with E-state index in [0.717, 1.165) is 4.96 Å². The highest BCUT2D eigenvalue weighted by Gasteiger charge is 2.28. The summed E-state index contributed by atoms with van der Waals surface area (Å²) >= 11 is 7.48. The highest BCUT2D eigenvalue weighted by Crippen LogP contribution is 2.22. The van der Waals surface area contributed by atoms with E-state index in [1.807, 2.05) is 5.38 Å². The molecule has 150 valence electrons. The quantitative estimate of drug-likeness (QED) is 0.521. The molecule has 1 amide bonds. The summed E-state index contributed by atoms with van der Waals surface area (Å²) in [4.78, 5) is 42.3. The van der Waals surface area contributed by atoms with Crippen LogP contribution in [0.2, 0.25) is 5.15 Å². The van der Waals surface area contributed by atoms with Crippen molar-refractivity contribution in [2.45, 2.75) is 19.8 Å². The minimum atomic E-state index is -0.643. The Morgan fingerprint density at radius 3 is 2.79 bits per heavy atom. The van der Waals surface area contributed by atoms with E-state index in [9.17, 15) is 14.4 Å². The van der Waals surface area contributed by atoms with E-state index in [4.69, 9.17) is 21.1 Å². The molecule has 1 saturated heterocycles. The van der Waals surface area contributed by atoms with Gasteiger partial charge in [-0.15, -0.1) is 11.3 Å². The lowest BCUT2D eigenvalue weighted by Crippen LogP contribution is -2.42. The van der Waals surface area contributed by atoms with Crippen molar-refractivity contribution in [2.75, 3.05) is 26.3 Å². The smallest absolute Gasteiger partial charge is 0.331 e. The van der Waals surface area contributed by atoms with Gasteiger partial charge < -0.3 is 14.4 Å². The third kappa shape index (κ3) is 4.71. The number of fused-ring (bicyclic) bond motifs is 1. The predicted octanol–water partition coefficient (Wildman–Crippen LogP) is 2.41. The first-order chi connectivity index (χ1) is 13.5. The van der Waals surface area contributed by atoms with Gasteiger partial charge in [0.05, 0.1) is 18.2 Å². The van der Waals surface area contributed by atoms with Crippen molar-refractivity contribution in [2.24, 2.45) is 5.92 Å². The number of aromatic nitrogens is 2. The molecule has 28 heavy (non-hydrogen) atoms. The molecule has 0 unspecified atom stereocenters. The van der Waals surface area contributed by atoms with Crippen molar-refractivity contribution in [3.05, 3.63) is 28.5 Å². The van der Waals surface area contributed by atoms with Crippen LogP contribution in [0.15, 0.2) is 17.7 Å². The highest BCUT2D eigenvalue weighted by molar-refractivity contribution is 7.15. The van der Waals surface area contributed by atoms with Crippen LogP contribution in [0, 0.1) is 5.92 Å². The summed E-state index contributed by atoms with van der Waals surface area (Å²) in [7, 11) is 0. The number of ether oxygens (including phenoxy) is 2. The molecule has 2 aromatic heterocycles. The molecule has 0 bridgehead atoms. The number of likely N-dealkylation sites (tertiary alicyclic amines) is 1. The second-order valence-electron chi connectivity index (χ2n) is 6.19. The Morgan fingerprint density at radius 2 is 2.07 bits per heavy atom. The van der Waals surface area contributed by atoms with Crippen LogP contribution >= 0.6 is 22.9 Å². The van der Waals surface area contributed by atoms with E-state index in [0.29, 0.717) is 38.2 Å². The zero-order valence-electron chi connectivity index (χ0n) is 15.3. The molecule has 3 rings (SSSR count). The first-order valence-corrected chi connectivity index (χ1v) is 10.2. The summed E-state index contributed by atoms with van der Waals surface area (Å²) in [6.45, 7) is 2.66. The lowest BCUT2D eigenvalue weighted by atomic mass is 9.97. The van der Waals surface area contributed by atoms with Crippen molar-refractivity contribution in [1.29, 1.82) is 0 Å². The van der Waals surface area contributed by atoms with Gasteiger partial charge in [-0.1, -0.05) is 11.6 Å². The summed E-state index contributed by atoms with van der Waals surface area (Å²) in [5.74, 6) is -1.32. The summed E-state index contributed by atoms with van der Waals surface area (Å²) in [6, 6.07) is 0. The molecule has 2 aromatic rings. The van der Waals surface area contributed by atoms with Crippen LogP contribution in [-0.2, 0) is 23.9 Å². The number of piperidine rings is 1. The lowest BCUT2D eigenvalue weighted by Gasteiger charge is -2.30. The van der Waals surface area contributed by atoms with E-state index in [1.54, 1.807) is 22.4 Å². The predicted molar refractivity (Wildman–Crippen MR) is 104 cm³/mol. The fraction of sp³-hybridized carbons (Fsp3) is 0.444. The molecule has 1 aliphatic heterocycles. The highest BCUT2D eigenvalue weighted by atomic mass is 35.5. The number of esters is 2. The molecule has 0 spiro atoms. The number of hydrogen-bond acceptors (Lipinski definition) is 7. The summed E-state index contributed by atoms with van der Waals surface area (Å²) in [6.07, 6.45) is 5.62. The molecule has 1 fully saturated rings. The first kappa shape index (κ1) is 20.3. The van der Waals surface area contributed by atoms with Crippen LogP contribution in [0.5, 0.6) is 0 Å². The Kier molecular flexibility index (Phi) is 6.69. The van der Waals surface area contributed by atoms with Crippen molar-refractivity contribution < 1.29 is 23.9 Å². The minimum Gasteiger partial charge on any atom is -0.466 e. The van der Waals surface area contributed by atoms with Gasteiger partial charge in [-0.2, -0.15) is 0 Å². The van der Waals surface area contributed by atoms with Gasteiger partial charge in [0.15, 0.2) is 16.7 Å². The van der Waals surface area contributed by atoms with E-state index < -0.39 is 5.97 Å². The molecule has 8 nitrogen and oxygen atoms in total. The van der Waals surface area contributed by atoms with E-state index >= 15 is 0 Å². The van der Waals surface area contributed by atoms with Gasteiger partial charge in [-0.3, -0.25) is 14.0 Å². The van der Waals surface area contributed by atoms with E-state index in [2.05, 4.69) is 4.98 Å². The SMILES string of the molecule is CCOC(=O)C1CCN(C(=O)COC(=O)C=Cc2c(Cl)nc3sccn23)CC1. The normalized spacial score (nSPS) is 15.3. The summed E-state index contributed by atoms with van der Waals surface area (Å²) in [5.41, 5.74) is 0.572. The number of thiazole rings is 1. The second-order valence-corrected chi connectivity index (χ2v) is 7.42. The number of nitrogens with zero attached hydrogens (tertiary/aromatic N) is 3. The molecule has 0 atom stereocenters. The van der Waals surface area contributed by atoms with Crippen molar-refractivity contribution >= 4 is 51.8 Å². The zero-order chi connectivity index (χ0) is 20.1. The standard InChI is InChI=1S/C18H20ClN3O5S/c1-2-26-17(25)12-5-7-21(8-6-12)14(23)11-27-15(24)4-3-13-16(19)20-18-22(13)9-10-28-18/h3-4,9-10,12H,2,5-8,11H2,1H3. The Morgan fingerprint density at radius 1 is 1.32 bits per heavy atom. The number of imidazole rings is 1. The molecule has 0 N–H and O–H groups in total. The van der Waals surface area contributed by atoms with Crippen LogP contribution in [0.4, 0.5) is 0 Å². The van der Waals surface area contributed by atoms with Gasteiger partial charge >= 0.3 is 11.9 Å². The number of carbonyl (C=O) groups is 3. The average molecular weight is 426 g/mol. The molecule has 10 heteroatoms. The minimum absolute atomic E-state index is 0.177. The molecule has 0 saturated carbocycles. The van der Waals surface area contributed by atoms with E-state index in [1.165, 1.54) is 23.5 Å². The maximum Gasteiger partial charge on any atom is 0.331 e. The number of halogens is 1. The van der Waals surface area contributed by atoms with Crippen molar-refractivity contribution in [1.82, 2.24) is 14.3 Å². The van der Waals surface area contributed by atoms with Crippen LogP contribution < -0.4 is 0 Å². The van der Waals surface area contributed by atoms with Crippen molar-refractivity contribution in [3.63, 3.8) is 0 Å². The van der Waals surface area contributed by atoms with Gasteiger partial charge in [-0.25, -0.2) is 9.78 Å². The largest absolute Gasteiger partial charge is 0.466 e. The molecular weight excluding hydrogens is 406 g/mol. The Hall–Kier alpha value is -2.39. The summed E-state index contributed by atoms with van der Waals surface area (Å²) < 4.78 is 11.8. The maximum absolute atomic E-state index is 12.2. The molecule has 1 aliphatic rings. The fourth-order valence-electron chi connectivity index (χ4n) is 2.97. The third-order valence-electron chi connectivity index (χ3n) is 4.44. The first-order valence-electron chi connectivity index (χ1n) is 8.90. The maximum atomic E-state index is 12.2. The summed E-state index contributed by atoms with van der Waals surface area (Å²) in [5, 5.41) is 2.15. The van der Waals surface area contributed by atoms with Gasteiger partial charge in [0, 0.05) is 30.7 Å². The average Bonchev–Trinajstić information content (AvgIpc) is 3.25. The Bertz CT molecular complexity index is 898. The van der Waals surface area contributed by atoms with Gasteiger partial charge in [0.1, 0.15) is 0 Å². The molecule has 0 aromatic carbocycles. The zero-order valence-corrected chi connectivity index (χ0v) is 16.9. The second kappa shape index (κ2) is 9.20. The molecule has 3 heterocycles. The Labute approximate surface area is 170 Å². The monoisotopic (exact) mass is 425 g/mol. The van der Waals surface area contributed by atoms with E-state index in [-0.39, 0.29) is 29.6 Å². The van der Waals surface area contributed by atoms with Gasteiger partial charge in [0.25, 0.3) is 5.91 Å². The van der Waals surface area contributed by atoms with Gasteiger partial charge in [0.2, 0.25) is 0 Å². The van der Waals surface area contributed by atoms with Crippen molar-refractivity contribution in [3.8, 4) is 0 Å².